The zero-order valence-electron chi connectivity index (χ0n) is 9.86. The average molecular weight is 234 g/mol. The van der Waals surface area contributed by atoms with Crippen molar-refractivity contribution in [2.24, 2.45) is 11.7 Å². The summed E-state index contributed by atoms with van der Waals surface area (Å²) in [6.07, 6.45) is 1.29. The molecule has 2 rings (SSSR count). The fourth-order valence-electron chi connectivity index (χ4n) is 2.32. The van der Waals surface area contributed by atoms with Gasteiger partial charge in [0, 0.05) is 24.3 Å². The Labute approximate surface area is 102 Å². The molecule has 0 saturated carbocycles. The van der Waals surface area contributed by atoms with Gasteiger partial charge in [-0.25, -0.2) is 0 Å². The SMILES string of the molecule is Cc1cc(C(N)=S)ccc1N1CCC(C)C1. The molecule has 86 valence electrons. The molecule has 0 spiro atoms. The second kappa shape index (κ2) is 4.42. The topological polar surface area (TPSA) is 29.3 Å². The molecular weight excluding hydrogens is 216 g/mol. The van der Waals surface area contributed by atoms with E-state index in [9.17, 15) is 0 Å². The molecule has 2 nitrogen and oxygen atoms in total. The largest absolute Gasteiger partial charge is 0.389 e. The molecular formula is C13H18N2S. The molecule has 0 aromatic heterocycles. The lowest BCUT2D eigenvalue weighted by Gasteiger charge is -2.21. The predicted octanol–water partition coefficient (Wildman–Crippen LogP) is 2.48. The van der Waals surface area contributed by atoms with Gasteiger partial charge in [0.1, 0.15) is 4.99 Å². The smallest absolute Gasteiger partial charge is 0.103 e. The summed E-state index contributed by atoms with van der Waals surface area (Å²) in [4.78, 5) is 2.92. The number of benzene rings is 1. The van der Waals surface area contributed by atoms with Crippen LogP contribution in [0, 0.1) is 12.8 Å². The van der Waals surface area contributed by atoms with Crippen molar-refractivity contribution in [3.05, 3.63) is 29.3 Å². The summed E-state index contributed by atoms with van der Waals surface area (Å²) in [5.41, 5.74) is 9.17. The number of hydrogen-bond acceptors (Lipinski definition) is 2. The maximum Gasteiger partial charge on any atom is 0.103 e. The minimum Gasteiger partial charge on any atom is -0.389 e. The van der Waals surface area contributed by atoms with E-state index in [4.69, 9.17) is 18.0 Å². The average Bonchev–Trinajstić information content (AvgIpc) is 2.64. The van der Waals surface area contributed by atoms with Crippen molar-refractivity contribution in [1.29, 1.82) is 0 Å². The molecule has 1 aromatic rings. The highest BCUT2D eigenvalue weighted by molar-refractivity contribution is 7.80. The Morgan fingerprint density at radius 1 is 1.50 bits per heavy atom. The lowest BCUT2D eigenvalue weighted by Crippen LogP contribution is -2.20. The third kappa shape index (κ3) is 2.19. The van der Waals surface area contributed by atoms with Gasteiger partial charge in [-0.2, -0.15) is 0 Å². The van der Waals surface area contributed by atoms with Crippen LogP contribution in [0.25, 0.3) is 0 Å². The standard InChI is InChI=1S/C13H18N2S/c1-9-5-6-15(8-9)12-4-3-11(13(14)16)7-10(12)2/h3-4,7,9H,5-6,8H2,1-2H3,(H2,14,16). The molecule has 2 N–H and O–H groups in total. The van der Waals surface area contributed by atoms with Gasteiger partial charge in [0.2, 0.25) is 0 Å². The van der Waals surface area contributed by atoms with E-state index < -0.39 is 0 Å². The number of aryl methyl sites for hydroxylation is 1. The maximum atomic E-state index is 5.63. The summed E-state index contributed by atoms with van der Waals surface area (Å²) < 4.78 is 0. The van der Waals surface area contributed by atoms with Crippen LogP contribution in [-0.2, 0) is 0 Å². The highest BCUT2D eigenvalue weighted by Gasteiger charge is 2.20. The van der Waals surface area contributed by atoms with E-state index in [1.165, 1.54) is 17.7 Å². The second-order valence-corrected chi connectivity index (χ2v) is 5.15. The van der Waals surface area contributed by atoms with Crippen molar-refractivity contribution in [2.75, 3.05) is 18.0 Å². The van der Waals surface area contributed by atoms with Gasteiger partial charge in [-0.1, -0.05) is 19.1 Å². The number of nitrogens with two attached hydrogens (primary N) is 1. The van der Waals surface area contributed by atoms with E-state index >= 15 is 0 Å². The number of rotatable bonds is 2. The monoisotopic (exact) mass is 234 g/mol. The highest BCUT2D eigenvalue weighted by Crippen LogP contribution is 2.27. The molecule has 0 amide bonds. The van der Waals surface area contributed by atoms with E-state index in [0.29, 0.717) is 4.99 Å². The first-order valence-corrected chi connectivity index (χ1v) is 6.14. The van der Waals surface area contributed by atoms with Gasteiger partial charge in [0.25, 0.3) is 0 Å². The van der Waals surface area contributed by atoms with Crippen LogP contribution in [0.4, 0.5) is 5.69 Å². The van der Waals surface area contributed by atoms with Crippen LogP contribution in [0.3, 0.4) is 0 Å². The number of hydrogen-bond donors (Lipinski definition) is 1. The summed E-state index contributed by atoms with van der Waals surface area (Å²) in [5.74, 6) is 0.801. The Kier molecular flexibility index (Phi) is 3.15. The van der Waals surface area contributed by atoms with Gasteiger partial charge in [-0.05, 0) is 43.0 Å². The van der Waals surface area contributed by atoms with Crippen molar-refractivity contribution in [2.45, 2.75) is 20.3 Å². The quantitative estimate of drug-likeness (QED) is 0.797. The van der Waals surface area contributed by atoms with Crippen LogP contribution >= 0.6 is 12.2 Å². The van der Waals surface area contributed by atoms with Gasteiger partial charge in [-0.3, -0.25) is 0 Å². The van der Waals surface area contributed by atoms with E-state index in [1.807, 2.05) is 6.07 Å². The molecule has 3 heteroatoms. The van der Waals surface area contributed by atoms with Crippen molar-refractivity contribution >= 4 is 22.9 Å². The summed E-state index contributed by atoms with van der Waals surface area (Å²) in [6.45, 7) is 6.75. The lowest BCUT2D eigenvalue weighted by atomic mass is 10.1. The summed E-state index contributed by atoms with van der Waals surface area (Å²) >= 11 is 4.98. The molecule has 1 saturated heterocycles. The van der Waals surface area contributed by atoms with E-state index in [2.05, 4.69) is 30.9 Å². The number of nitrogens with zero attached hydrogens (tertiary/aromatic N) is 1. The fourth-order valence-corrected chi connectivity index (χ4v) is 2.44. The van der Waals surface area contributed by atoms with E-state index in [0.717, 1.165) is 24.6 Å². The summed E-state index contributed by atoms with van der Waals surface area (Å²) in [7, 11) is 0. The molecule has 1 atom stereocenters. The van der Waals surface area contributed by atoms with Crippen LogP contribution < -0.4 is 10.6 Å². The molecule has 1 aromatic carbocycles. The molecule has 1 aliphatic rings. The summed E-state index contributed by atoms with van der Waals surface area (Å²) in [5, 5.41) is 0. The van der Waals surface area contributed by atoms with E-state index in [1.54, 1.807) is 0 Å². The Hall–Kier alpha value is -1.09. The predicted molar refractivity (Wildman–Crippen MR) is 73.1 cm³/mol. The maximum absolute atomic E-state index is 5.63. The molecule has 1 aliphatic heterocycles. The molecule has 0 radical (unpaired) electrons. The van der Waals surface area contributed by atoms with Crippen LogP contribution in [0.5, 0.6) is 0 Å². The Balaban J connectivity index is 2.26. The highest BCUT2D eigenvalue weighted by atomic mass is 32.1. The number of thiocarbonyl (C=S) groups is 1. The minimum absolute atomic E-state index is 0.476. The molecule has 1 fully saturated rings. The van der Waals surface area contributed by atoms with E-state index in [-0.39, 0.29) is 0 Å². The minimum atomic E-state index is 0.476. The fraction of sp³-hybridized carbons (Fsp3) is 0.462. The van der Waals surface area contributed by atoms with Gasteiger partial charge in [0.15, 0.2) is 0 Å². The molecule has 0 aliphatic carbocycles. The normalized spacial score (nSPS) is 20.1. The molecule has 0 bridgehead atoms. The van der Waals surface area contributed by atoms with Crippen LogP contribution in [0.1, 0.15) is 24.5 Å². The Morgan fingerprint density at radius 3 is 2.75 bits per heavy atom. The third-order valence-electron chi connectivity index (χ3n) is 3.25. The summed E-state index contributed by atoms with van der Waals surface area (Å²) in [6, 6.07) is 6.25. The molecule has 16 heavy (non-hydrogen) atoms. The Bertz CT molecular complexity index is 414. The van der Waals surface area contributed by atoms with Crippen LogP contribution in [-0.4, -0.2) is 18.1 Å². The van der Waals surface area contributed by atoms with Crippen molar-refractivity contribution in [1.82, 2.24) is 0 Å². The van der Waals surface area contributed by atoms with Crippen molar-refractivity contribution < 1.29 is 0 Å². The molecule has 1 heterocycles. The molecule has 1 unspecified atom stereocenters. The van der Waals surface area contributed by atoms with Crippen molar-refractivity contribution in [3.63, 3.8) is 0 Å². The van der Waals surface area contributed by atoms with Gasteiger partial charge >= 0.3 is 0 Å². The first-order chi connectivity index (χ1) is 7.58. The number of anilines is 1. The zero-order valence-corrected chi connectivity index (χ0v) is 10.7. The van der Waals surface area contributed by atoms with Crippen LogP contribution in [0.2, 0.25) is 0 Å². The first-order valence-electron chi connectivity index (χ1n) is 5.73. The zero-order chi connectivity index (χ0) is 11.7. The second-order valence-electron chi connectivity index (χ2n) is 4.71. The Morgan fingerprint density at radius 2 is 2.25 bits per heavy atom. The first kappa shape index (κ1) is 11.4. The van der Waals surface area contributed by atoms with Gasteiger partial charge < -0.3 is 10.6 Å². The van der Waals surface area contributed by atoms with Crippen molar-refractivity contribution in [3.8, 4) is 0 Å². The third-order valence-corrected chi connectivity index (χ3v) is 3.48. The van der Waals surface area contributed by atoms with Gasteiger partial charge in [-0.15, -0.1) is 0 Å². The lowest BCUT2D eigenvalue weighted by molar-refractivity contribution is 0.659. The van der Waals surface area contributed by atoms with Gasteiger partial charge in [0.05, 0.1) is 0 Å². The van der Waals surface area contributed by atoms with Crippen LogP contribution in [0.15, 0.2) is 18.2 Å².